The Morgan fingerprint density at radius 1 is 0.333 bits per heavy atom. The number of aliphatic hydroxyl groups is 2. The topological polar surface area (TPSA) is 95.9 Å². The Kier molecular flexibility index (Phi) is 69.9. The lowest BCUT2D eigenvalue weighted by Gasteiger charge is -2.22. The first-order chi connectivity index (χ1) is 40.0. The molecular weight excluding hydrogens is 995 g/mol. The number of carbonyl (C=O) groups excluding carboxylic acids is 2. The fourth-order valence-corrected chi connectivity index (χ4v) is 12.1. The molecule has 6 nitrogen and oxygen atoms in total. The maximum absolute atomic E-state index is 12.5. The minimum Gasteiger partial charge on any atom is -0.466 e. The van der Waals surface area contributed by atoms with E-state index in [1.807, 2.05) is 0 Å². The van der Waals surface area contributed by atoms with Gasteiger partial charge in [-0.2, -0.15) is 0 Å². The second-order valence-corrected chi connectivity index (χ2v) is 26.0. The van der Waals surface area contributed by atoms with Crippen LogP contribution in [0.25, 0.3) is 0 Å². The van der Waals surface area contributed by atoms with E-state index in [9.17, 15) is 19.8 Å². The van der Waals surface area contributed by atoms with E-state index < -0.39 is 12.1 Å². The number of rotatable bonds is 71. The summed E-state index contributed by atoms with van der Waals surface area (Å²) in [6.07, 6.45) is 88.7. The van der Waals surface area contributed by atoms with Crippen LogP contribution in [0.4, 0.5) is 0 Å². The van der Waals surface area contributed by atoms with Crippen LogP contribution in [0.5, 0.6) is 0 Å². The Balaban J connectivity index is 3.29. The van der Waals surface area contributed by atoms with Crippen molar-refractivity contribution in [3.8, 4) is 0 Å². The molecule has 2 unspecified atom stereocenters. The average molecular weight is 1140 g/mol. The molecule has 0 aromatic heterocycles. The molecule has 0 bridgehead atoms. The minimum absolute atomic E-state index is 0.0259. The Morgan fingerprint density at radius 2 is 0.580 bits per heavy atom. The van der Waals surface area contributed by atoms with Crippen LogP contribution in [0.3, 0.4) is 0 Å². The van der Waals surface area contributed by atoms with Crippen molar-refractivity contribution in [2.45, 2.75) is 443 Å². The van der Waals surface area contributed by atoms with Crippen LogP contribution in [-0.2, 0) is 14.3 Å². The number of aliphatic hydroxyl groups excluding tert-OH is 2. The van der Waals surface area contributed by atoms with Crippen molar-refractivity contribution in [1.29, 1.82) is 0 Å². The number of amides is 1. The first kappa shape index (κ1) is 79.6. The van der Waals surface area contributed by atoms with Crippen LogP contribution in [-0.4, -0.2) is 47.4 Å². The van der Waals surface area contributed by atoms with Gasteiger partial charge in [0.2, 0.25) is 5.91 Å². The Labute approximate surface area is 508 Å². The number of ether oxygens (including phenoxy) is 1. The van der Waals surface area contributed by atoms with E-state index in [0.29, 0.717) is 25.9 Å². The molecule has 0 fully saturated rings. The zero-order valence-corrected chi connectivity index (χ0v) is 55.3. The number of nitrogens with one attached hydrogen (secondary N) is 1. The summed E-state index contributed by atoms with van der Waals surface area (Å²) < 4.78 is 5.51. The van der Waals surface area contributed by atoms with Crippen LogP contribution in [0.1, 0.15) is 431 Å². The summed E-state index contributed by atoms with van der Waals surface area (Å²) in [6, 6.07) is -0.536. The molecular formula is C75H147NO5. The van der Waals surface area contributed by atoms with Crippen molar-refractivity contribution in [1.82, 2.24) is 5.32 Å². The molecule has 2 atom stereocenters. The molecule has 0 spiro atoms. The second kappa shape index (κ2) is 71.1. The van der Waals surface area contributed by atoms with Crippen LogP contribution < -0.4 is 5.32 Å². The van der Waals surface area contributed by atoms with E-state index >= 15 is 0 Å². The van der Waals surface area contributed by atoms with E-state index in [1.54, 1.807) is 0 Å². The zero-order valence-electron chi connectivity index (χ0n) is 55.3. The van der Waals surface area contributed by atoms with Crippen molar-refractivity contribution < 1.29 is 24.5 Å². The molecule has 0 radical (unpaired) electrons. The molecule has 0 aliphatic heterocycles. The van der Waals surface area contributed by atoms with Gasteiger partial charge < -0.3 is 20.3 Å². The third-order valence-corrected chi connectivity index (χ3v) is 17.8. The number of hydrogen-bond acceptors (Lipinski definition) is 5. The normalized spacial score (nSPS) is 12.5. The van der Waals surface area contributed by atoms with Gasteiger partial charge in [-0.1, -0.05) is 379 Å². The number of allylic oxidation sites excluding steroid dienone is 2. The van der Waals surface area contributed by atoms with Gasteiger partial charge in [0.25, 0.3) is 0 Å². The minimum atomic E-state index is -0.659. The van der Waals surface area contributed by atoms with Gasteiger partial charge in [0, 0.05) is 12.8 Å². The Bertz CT molecular complexity index is 1220. The fraction of sp³-hybridized carbons (Fsp3) is 0.947. The first-order valence-electron chi connectivity index (χ1n) is 37.4. The summed E-state index contributed by atoms with van der Waals surface area (Å²) in [7, 11) is 0. The summed E-state index contributed by atoms with van der Waals surface area (Å²) in [5, 5.41) is 23.2. The van der Waals surface area contributed by atoms with Gasteiger partial charge in [-0.3, -0.25) is 9.59 Å². The quantitative estimate of drug-likeness (QED) is 0.0320. The van der Waals surface area contributed by atoms with Crippen molar-refractivity contribution in [3.63, 3.8) is 0 Å². The predicted molar refractivity (Wildman–Crippen MR) is 357 cm³/mol. The smallest absolute Gasteiger partial charge is 0.305 e. The number of hydrogen-bond donors (Lipinski definition) is 3. The lowest BCUT2D eigenvalue weighted by atomic mass is 10.0. The summed E-state index contributed by atoms with van der Waals surface area (Å²) in [5.74, 6) is -0.00363. The Hall–Kier alpha value is -1.40. The molecule has 482 valence electrons. The number of carbonyl (C=O) groups is 2. The highest BCUT2D eigenvalue weighted by atomic mass is 16.5. The van der Waals surface area contributed by atoms with Gasteiger partial charge in [-0.25, -0.2) is 0 Å². The molecule has 0 heterocycles. The lowest BCUT2D eigenvalue weighted by molar-refractivity contribution is -0.143. The molecule has 0 rings (SSSR count). The molecule has 1 amide bonds. The maximum Gasteiger partial charge on any atom is 0.305 e. The van der Waals surface area contributed by atoms with Crippen LogP contribution >= 0.6 is 0 Å². The van der Waals surface area contributed by atoms with Gasteiger partial charge >= 0.3 is 5.97 Å². The van der Waals surface area contributed by atoms with E-state index in [2.05, 4.69) is 31.3 Å². The molecule has 0 aliphatic carbocycles. The monoisotopic (exact) mass is 1140 g/mol. The SMILES string of the molecule is CCCCCCCCCCCCCCCCCCC(=O)OCCCCCCCCCCCCCCCCCC/C=C\CCCCCCCCCCCCCCCCCCCC(=O)NC(CO)C(O)CCCCCCCCCCCCC. The van der Waals surface area contributed by atoms with E-state index in [1.165, 1.54) is 360 Å². The highest BCUT2D eigenvalue weighted by molar-refractivity contribution is 5.76. The van der Waals surface area contributed by atoms with Crippen molar-refractivity contribution in [3.05, 3.63) is 12.2 Å². The van der Waals surface area contributed by atoms with Crippen LogP contribution in [0, 0.1) is 0 Å². The first-order valence-corrected chi connectivity index (χ1v) is 37.4. The van der Waals surface area contributed by atoms with Gasteiger partial charge in [0.05, 0.1) is 25.4 Å². The van der Waals surface area contributed by atoms with Gasteiger partial charge in [-0.05, 0) is 51.4 Å². The van der Waals surface area contributed by atoms with Gasteiger partial charge in [0.1, 0.15) is 0 Å². The van der Waals surface area contributed by atoms with Crippen LogP contribution in [0.15, 0.2) is 12.2 Å². The highest BCUT2D eigenvalue weighted by Crippen LogP contribution is 2.20. The summed E-state index contributed by atoms with van der Waals surface area (Å²) in [4.78, 5) is 24.6. The molecule has 0 saturated carbocycles. The largest absolute Gasteiger partial charge is 0.466 e. The standard InChI is InChI=1S/C75H147NO5/c1-3-5-7-9-11-13-15-16-17-42-45-49-53-57-61-65-69-75(80)81-70-66-62-58-54-50-46-43-40-38-36-34-32-30-28-26-24-22-20-18-19-21-23-25-27-29-31-33-35-37-39-41-44-48-52-56-60-64-68-74(79)76-72(71-77)73(78)67-63-59-55-51-47-14-12-10-8-6-4-2/h18,20,72-73,77-78H,3-17,19,21-71H2,1-2H3,(H,76,79)/b20-18-. The van der Waals surface area contributed by atoms with E-state index in [0.717, 1.165) is 38.5 Å². The lowest BCUT2D eigenvalue weighted by Crippen LogP contribution is -2.45. The molecule has 81 heavy (non-hydrogen) atoms. The molecule has 0 aromatic rings. The summed E-state index contributed by atoms with van der Waals surface area (Å²) in [6.45, 7) is 4.99. The van der Waals surface area contributed by atoms with E-state index in [-0.39, 0.29) is 18.5 Å². The zero-order chi connectivity index (χ0) is 58.5. The highest BCUT2D eigenvalue weighted by Gasteiger charge is 2.20. The number of esters is 1. The summed E-state index contributed by atoms with van der Waals surface area (Å²) >= 11 is 0. The number of unbranched alkanes of at least 4 members (excludes halogenated alkanes) is 58. The molecule has 3 N–H and O–H groups in total. The van der Waals surface area contributed by atoms with Crippen molar-refractivity contribution in [2.75, 3.05) is 13.2 Å². The predicted octanol–water partition coefficient (Wildman–Crippen LogP) is 24.3. The molecule has 0 aromatic carbocycles. The summed E-state index contributed by atoms with van der Waals surface area (Å²) in [5.41, 5.74) is 0. The van der Waals surface area contributed by atoms with Crippen molar-refractivity contribution in [2.24, 2.45) is 0 Å². The van der Waals surface area contributed by atoms with Crippen molar-refractivity contribution >= 4 is 11.9 Å². The third kappa shape index (κ3) is 67.6. The third-order valence-electron chi connectivity index (χ3n) is 17.8. The molecule has 6 heteroatoms. The Morgan fingerprint density at radius 3 is 0.877 bits per heavy atom. The molecule has 0 aliphatic rings. The van der Waals surface area contributed by atoms with Gasteiger partial charge in [-0.15, -0.1) is 0 Å². The van der Waals surface area contributed by atoms with Crippen LogP contribution in [0.2, 0.25) is 0 Å². The maximum atomic E-state index is 12.5. The average Bonchev–Trinajstić information content (AvgIpc) is 3.47. The van der Waals surface area contributed by atoms with E-state index in [4.69, 9.17) is 4.74 Å². The molecule has 0 saturated heterocycles. The van der Waals surface area contributed by atoms with Gasteiger partial charge in [0.15, 0.2) is 0 Å². The fourth-order valence-electron chi connectivity index (χ4n) is 12.1. The second-order valence-electron chi connectivity index (χ2n) is 26.0.